The molecule has 15 heavy (non-hydrogen) atoms. The van der Waals surface area contributed by atoms with E-state index in [1.165, 1.54) is 0 Å². The Hall–Kier alpha value is -0.780. The summed E-state index contributed by atoms with van der Waals surface area (Å²) in [6.45, 7) is 2.67. The molecule has 0 spiro atoms. The Bertz CT molecular complexity index is 209. The van der Waals surface area contributed by atoms with Gasteiger partial charge in [0.25, 0.3) is 0 Å². The van der Waals surface area contributed by atoms with Gasteiger partial charge in [-0.3, -0.25) is 9.53 Å². The van der Waals surface area contributed by atoms with Crippen LogP contribution in [0.1, 0.15) is 33.1 Å². The third-order valence-corrected chi connectivity index (χ3v) is 2.65. The predicted molar refractivity (Wildman–Crippen MR) is 47.3 cm³/mol. The van der Waals surface area contributed by atoms with Gasteiger partial charge in [0, 0.05) is 0 Å². The topological polar surface area (TPSA) is 46.5 Å². The molecule has 0 saturated carbocycles. The third-order valence-electron chi connectivity index (χ3n) is 2.65. The van der Waals surface area contributed by atoms with Gasteiger partial charge in [-0.05, 0) is 19.3 Å². The molecule has 90 valence electrons. The van der Waals surface area contributed by atoms with Crippen LogP contribution >= 0.6 is 0 Å². The lowest BCUT2D eigenvalue weighted by atomic mass is 9.79. The zero-order valence-corrected chi connectivity index (χ0v) is 8.73. The number of hydrogen-bond donors (Lipinski definition) is 1. The van der Waals surface area contributed by atoms with Gasteiger partial charge >= 0.3 is 12.3 Å². The normalized spacial score (nSPS) is 12.9. The number of aliphatic carboxylic acids is 1. The molecule has 6 heteroatoms. The first-order chi connectivity index (χ1) is 6.77. The van der Waals surface area contributed by atoms with E-state index in [1.807, 2.05) is 0 Å². The first kappa shape index (κ1) is 14.2. The minimum absolute atomic E-state index is 0.130. The summed E-state index contributed by atoms with van der Waals surface area (Å²) >= 11 is 0. The summed E-state index contributed by atoms with van der Waals surface area (Å²) in [5, 5.41) is 8.92. The second-order valence-electron chi connectivity index (χ2n) is 3.34. The van der Waals surface area contributed by atoms with Crippen LogP contribution in [0.3, 0.4) is 0 Å². The van der Waals surface area contributed by atoms with Crippen molar-refractivity contribution in [1.29, 1.82) is 0 Å². The average molecular weight is 228 g/mol. The minimum Gasteiger partial charge on any atom is -0.481 e. The summed E-state index contributed by atoms with van der Waals surface area (Å²) in [4.78, 5) is 10.9. The first-order valence-electron chi connectivity index (χ1n) is 4.71. The molecule has 3 nitrogen and oxygen atoms in total. The van der Waals surface area contributed by atoms with E-state index in [0.29, 0.717) is 12.8 Å². The summed E-state index contributed by atoms with van der Waals surface area (Å²) in [5.41, 5.74) is -1.11. The standard InChI is InChI=1S/C9H15F3O3/c1-3-8(4-2,7(13)14)5-6-15-9(10,11)12/h3-6H2,1-2H3,(H,13,14). The van der Waals surface area contributed by atoms with Crippen molar-refractivity contribution in [3.63, 3.8) is 0 Å². The number of hydrogen-bond acceptors (Lipinski definition) is 2. The van der Waals surface area contributed by atoms with Crippen molar-refractivity contribution in [3.8, 4) is 0 Å². The Morgan fingerprint density at radius 3 is 2.00 bits per heavy atom. The molecule has 0 amide bonds. The Morgan fingerprint density at radius 2 is 1.73 bits per heavy atom. The first-order valence-corrected chi connectivity index (χ1v) is 4.71. The van der Waals surface area contributed by atoms with Crippen LogP contribution in [-0.2, 0) is 9.53 Å². The van der Waals surface area contributed by atoms with Gasteiger partial charge in [-0.1, -0.05) is 13.8 Å². The molecule has 0 aromatic rings. The predicted octanol–water partition coefficient (Wildman–Crippen LogP) is 2.80. The molecule has 1 N–H and O–H groups in total. The molecule has 0 fully saturated rings. The summed E-state index contributed by atoms with van der Waals surface area (Å²) in [6, 6.07) is 0. The van der Waals surface area contributed by atoms with Gasteiger partial charge in [0.2, 0.25) is 0 Å². The number of alkyl halides is 3. The monoisotopic (exact) mass is 228 g/mol. The maximum absolute atomic E-state index is 11.7. The zero-order valence-electron chi connectivity index (χ0n) is 8.73. The van der Waals surface area contributed by atoms with Crippen molar-refractivity contribution in [2.24, 2.45) is 5.41 Å². The Morgan fingerprint density at radius 1 is 1.27 bits per heavy atom. The van der Waals surface area contributed by atoms with E-state index in [1.54, 1.807) is 13.8 Å². The minimum atomic E-state index is -4.69. The summed E-state index contributed by atoms with van der Waals surface area (Å²) in [7, 11) is 0. The zero-order chi connectivity index (χ0) is 12.1. The van der Waals surface area contributed by atoms with Crippen LogP contribution in [0.15, 0.2) is 0 Å². The largest absolute Gasteiger partial charge is 0.522 e. The van der Waals surface area contributed by atoms with Crippen LogP contribution in [0, 0.1) is 5.41 Å². The lowest BCUT2D eigenvalue weighted by Crippen LogP contribution is -2.32. The molecule has 0 aliphatic carbocycles. The van der Waals surface area contributed by atoms with Crippen molar-refractivity contribution in [2.75, 3.05) is 6.61 Å². The van der Waals surface area contributed by atoms with Crippen LogP contribution in [0.4, 0.5) is 13.2 Å². The molecule has 0 aromatic heterocycles. The van der Waals surface area contributed by atoms with Gasteiger partial charge in [-0.2, -0.15) is 0 Å². The fraction of sp³-hybridized carbons (Fsp3) is 0.889. The molecular formula is C9H15F3O3. The smallest absolute Gasteiger partial charge is 0.481 e. The highest BCUT2D eigenvalue weighted by molar-refractivity contribution is 5.74. The van der Waals surface area contributed by atoms with E-state index in [-0.39, 0.29) is 6.42 Å². The number of carboxylic acid groups (broad SMARTS) is 1. The number of rotatable bonds is 6. The van der Waals surface area contributed by atoms with E-state index in [9.17, 15) is 18.0 Å². The van der Waals surface area contributed by atoms with Crippen LogP contribution < -0.4 is 0 Å². The molecule has 0 unspecified atom stereocenters. The van der Waals surface area contributed by atoms with Crippen molar-refractivity contribution in [2.45, 2.75) is 39.5 Å². The number of halogens is 3. The number of carboxylic acids is 1. The van der Waals surface area contributed by atoms with Crippen molar-refractivity contribution in [3.05, 3.63) is 0 Å². The molecule has 0 aromatic carbocycles. The van der Waals surface area contributed by atoms with Crippen LogP contribution in [0.2, 0.25) is 0 Å². The van der Waals surface area contributed by atoms with Crippen molar-refractivity contribution in [1.82, 2.24) is 0 Å². The Labute approximate surface area is 86.2 Å². The molecule has 0 atom stereocenters. The molecule has 0 heterocycles. The fourth-order valence-corrected chi connectivity index (χ4v) is 1.38. The van der Waals surface area contributed by atoms with Gasteiger partial charge in [0.1, 0.15) is 0 Å². The van der Waals surface area contributed by atoms with Crippen LogP contribution in [0.5, 0.6) is 0 Å². The third kappa shape index (κ3) is 4.51. The summed E-state index contributed by atoms with van der Waals surface area (Å²) < 4.78 is 38.6. The van der Waals surface area contributed by atoms with Crippen molar-refractivity contribution >= 4 is 5.97 Å². The fourth-order valence-electron chi connectivity index (χ4n) is 1.38. The second-order valence-corrected chi connectivity index (χ2v) is 3.34. The van der Waals surface area contributed by atoms with Gasteiger partial charge in [-0.25, -0.2) is 0 Å². The number of carbonyl (C=O) groups is 1. The lowest BCUT2D eigenvalue weighted by Gasteiger charge is -2.26. The highest BCUT2D eigenvalue weighted by Gasteiger charge is 2.36. The second kappa shape index (κ2) is 5.34. The molecule has 0 radical (unpaired) electrons. The average Bonchev–Trinajstić information content (AvgIpc) is 2.10. The van der Waals surface area contributed by atoms with Gasteiger partial charge < -0.3 is 5.11 Å². The van der Waals surface area contributed by atoms with E-state index >= 15 is 0 Å². The molecule has 0 bridgehead atoms. The molecule has 0 rings (SSSR count). The van der Waals surface area contributed by atoms with Gasteiger partial charge in [-0.15, -0.1) is 13.2 Å². The lowest BCUT2D eigenvalue weighted by molar-refractivity contribution is -0.326. The highest BCUT2D eigenvalue weighted by Crippen LogP contribution is 2.31. The van der Waals surface area contributed by atoms with Crippen molar-refractivity contribution < 1.29 is 27.8 Å². The molecule has 0 aliphatic heterocycles. The summed E-state index contributed by atoms with van der Waals surface area (Å²) in [6.07, 6.45) is -4.24. The molecule has 0 saturated heterocycles. The molecular weight excluding hydrogens is 213 g/mol. The van der Waals surface area contributed by atoms with E-state index in [2.05, 4.69) is 4.74 Å². The van der Waals surface area contributed by atoms with Crippen LogP contribution in [-0.4, -0.2) is 24.0 Å². The van der Waals surface area contributed by atoms with E-state index in [4.69, 9.17) is 5.11 Å². The van der Waals surface area contributed by atoms with Gasteiger partial charge in [0.05, 0.1) is 12.0 Å². The van der Waals surface area contributed by atoms with E-state index in [0.717, 1.165) is 0 Å². The van der Waals surface area contributed by atoms with Crippen LogP contribution in [0.25, 0.3) is 0 Å². The maximum atomic E-state index is 11.7. The molecule has 0 aliphatic rings. The number of ether oxygens (including phenoxy) is 1. The Balaban J connectivity index is 4.26. The SMILES string of the molecule is CCC(CC)(CCOC(F)(F)F)C(=O)O. The maximum Gasteiger partial charge on any atom is 0.522 e. The van der Waals surface area contributed by atoms with Gasteiger partial charge in [0.15, 0.2) is 0 Å². The summed E-state index contributed by atoms with van der Waals surface area (Å²) in [5.74, 6) is -1.07. The quantitative estimate of drug-likeness (QED) is 0.760. The van der Waals surface area contributed by atoms with E-state index < -0.39 is 24.4 Å². The highest BCUT2D eigenvalue weighted by atomic mass is 19.4. The Kier molecular flexibility index (Phi) is 5.07.